The Labute approximate surface area is 114 Å². The van der Waals surface area contributed by atoms with Crippen LogP contribution in [0.3, 0.4) is 0 Å². The Hall–Kier alpha value is -1.12. The van der Waals surface area contributed by atoms with Crippen molar-refractivity contribution in [3.63, 3.8) is 0 Å². The van der Waals surface area contributed by atoms with Gasteiger partial charge in [0.2, 0.25) is 0 Å². The third-order valence-electron chi connectivity index (χ3n) is 4.97. The van der Waals surface area contributed by atoms with Gasteiger partial charge in [0.05, 0.1) is 5.57 Å². The minimum atomic E-state index is 0.0676. The maximum Gasteiger partial charge on any atom is 0.168 e. The van der Waals surface area contributed by atoms with Gasteiger partial charge in [-0.05, 0) is 37.5 Å². The largest absolute Gasteiger partial charge is 0.511 e. The minimum absolute atomic E-state index is 0.0676. The maximum atomic E-state index is 12.5. The molecule has 3 heteroatoms. The molecule has 1 N–H and O–H groups in total. The Balaban J connectivity index is 1.87. The number of carbonyl (C=O) groups is 1. The molecule has 0 radical (unpaired) electrons. The van der Waals surface area contributed by atoms with E-state index in [0.29, 0.717) is 24.2 Å². The van der Waals surface area contributed by atoms with Gasteiger partial charge in [0.15, 0.2) is 5.78 Å². The lowest BCUT2D eigenvalue weighted by molar-refractivity contribution is -0.119. The molecule has 1 heterocycles. The summed E-state index contributed by atoms with van der Waals surface area (Å²) in [6.45, 7) is 0.810. The highest BCUT2D eigenvalue weighted by molar-refractivity contribution is 6.23. The van der Waals surface area contributed by atoms with Crippen molar-refractivity contribution in [3.05, 3.63) is 11.3 Å². The van der Waals surface area contributed by atoms with E-state index in [1.165, 1.54) is 19.3 Å². The molecule has 1 fully saturated rings. The lowest BCUT2D eigenvalue weighted by Gasteiger charge is -2.40. The minimum Gasteiger partial charge on any atom is -0.511 e. The van der Waals surface area contributed by atoms with Crippen LogP contribution in [0.25, 0.3) is 0 Å². The molecule has 0 amide bonds. The van der Waals surface area contributed by atoms with Crippen LogP contribution < -0.4 is 0 Å². The molecule has 0 aromatic rings. The molecule has 0 aromatic heterocycles. The number of carbonyl (C=O) groups excluding carboxylic acids is 1. The number of hydrogen-bond donors (Lipinski definition) is 1. The van der Waals surface area contributed by atoms with Crippen LogP contribution in [0.5, 0.6) is 0 Å². The zero-order valence-corrected chi connectivity index (χ0v) is 11.6. The first-order valence-corrected chi connectivity index (χ1v) is 7.69. The van der Waals surface area contributed by atoms with Crippen molar-refractivity contribution in [2.75, 3.05) is 6.54 Å². The van der Waals surface area contributed by atoms with E-state index in [4.69, 9.17) is 0 Å². The molecular formula is C16H23NO2. The predicted molar refractivity (Wildman–Crippen MR) is 75.6 cm³/mol. The average Bonchev–Trinajstić information content (AvgIpc) is 2.40. The maximum absolute atomic E-state index is 12.5. The number of aliphatic hydroxyl groups excluding tert-OH is 1. The molecule has 0 atom stereocenters. The van der Waals surface area contributed by atoms with Crippen molar-refractivity contribution in [2.45, 2.75) is 64.2 Å². The van der Waals surface area contributed by atoms with E-state index in [2.05, 4.69) is 4.99 Å². The summed E-state index contributed by atoms with van der Waals surface area (Å²) in [6.07, 6.45) is 10.3. The van der Waals surface area contributed by atoms with E-state index in [0.717, 1.165) is 44.4 Å². The fourth-order valence-corrected chi connectivity index (χ4v) is 3.98. The van der Waals surface area contributed by atoms with Gasteiger partial charge in [-0.25, -0.2) is 0 Å². The quantitative estimate of drug-likeness (QED) is 0.781. The monoisotopic (exact) mass is 261 g/mol. The van der Waals surface area contributed by atoms with Gasteiger partial charge in [0.25, 0.3) is 0 Å². The van der Waals surface area contributed by atoms with Crippen molar-refractivity contribution >= 4 is 11.5 Å². The first kappa shape index (κ1) is 12.9. The second-order valence-corrected chi connectivity index (χ2v) is 6.44. The average molecular weight is 261 g/mol. The zero-order valence-electron chi connectivity index (χ0n) is 11.6. The summed E-state index contributed by atoms with van der Waals surface area (Å²) in [5, 5.41) is 10.4. The summed E-state index contributed by atoms with van der Waals surface area (Å²) in [6, 6.07) is 0. The first-order chi connectivity index (χ1) is 9.20. The molecule has 3 rings (SSSR count). The summed E-state index contributed by atoms with van der Waals surface area (Å²) in [5.74, 6) is 0.477. The lowest BCUT2D eigenvalue weighted by atomic mass is 9.64. The Morgan fingerprint density at radius 3 is 2.42 bits per heavy atom. The van der Waals surface area contributed by atoms with Crippen LogP contribution in [0.2, 0.25) is 0 Å². The van der Waals surface area contributed by atoms with Gasteiger partial charge >= 0.3 is 0 Å². The molecule has 1 aliphatic heterocycles. The Morgan fingerprint density at radius 1 is 1.00 bits per heavy atom. The second kappa shape index (κ2) is 5.10. The molecule has 1 spiro atoms. The highest BCUT2D eigenvalue weighted by atomic mass is 16.3. The second-order valence-electron chi connectivity index (χ2n) is 6.44. The van der Waals surface area contributed by atoms with Gasteiger partial charge in [0, 0.05) is 25.1 Å². The van der Waals surface area contributed by atoms with Crippen molar-refractivity contribution in [1.82, 2.24) is 0 Å². The molecule has 3 nitrogen and oxygen atoms in total. The Bertz CT molecular complexity index is 442. The molecule has 1 saturated carbocycles. The molecule has 0 saturated heterocycles. The normalized spacial score (nSPS) is 27.6. The number of aliphatic hydroxyl groups is 1. The van der Waals surface area contributed by atoms with E-state index in [9.17, 15) is 9.90 Å². The van der Waals surface area contributed by atoms with Gasteiger partial charge in [-0.2, -0.15) is 0 Å². The predicted octanol–water partition coefficient (Wildman–Crippen LogP) is 3.74. The Kier molecular flexibility index (Phi) is 3.46. The van der Waals surface area contributed by atoms with Gasteiger partial charge in [0.1, 0.15) is 5.76 Å². The van der Waals surface area contributed by atoms with Crippen LogP contribution in [0, 0.1) is 5.41 Å². The number of rotatable bonds is 1. The molecule has 3 aliphatic rings. The van der Waals surface area contributed by atoms with Crippen molar-refractivity contribution in [1.29, 1.82) is 0 Å². The number of hydrogen-bond acceptors (Lipinski definition) is 3. The molecule has 0 bridgehead atoms. The zero-order chi connectivity index (χ0) is 13.3. The Morgan fingerprint density at radius 2 is 1.79 bits per heavy atom. The van der Waals surface area contributed by atoms with Crippen molar-refractivity contribution in [3.8, 4) is 0 Å². The van der Waals surface area contributed by atoms with Crippen LogP contribution >= 0.6 is 0 Å². The highest BCUT2D eigenvalue weighted by Crippen LogP contribution is 2.47. The topological polar surface area (TPSA) is 49.7 Å². The van der Waals surface area contributed by atoms with Crippen LogP contribution in [-0.4, -0.2) is 23.1 Å². The number of aliphatic imine (C=N–C) groups is 1. The highest BCUT2D eigenvalue weighted by Gasteiger charge is 2.41. The SMILES string of the molecule is O=C1CC2(CCCCC2)CC(O)=C1C1=NCCCC1. The van der Waals surface area contributed by atoms with Gasteiger partial charge < -0.3 is 5.11 Å². The van der Waals surface area contributed by atoms with Crippen LogP contribution in [0.4, 0.5) is 0 Å². The van der Waals surface area contributed by atoms with E-state index < -0.39 is 0 Å². The summed E-state index contributed by atoms with van der Waals surface area (Å²) >= 11 is 0. The first-order valence-electron chi connectivity index (χ1n) is 7.69. The summed E-state index contributed by atoms with van der Waals surface area (Å²) in [7, 11) is 0. The van der Waals surface area contributed by atoms with Gasteiger partial charge in [-0.15, -0.1) is 0 Å². The van der Waals surface area contributed by atoms with E-state index >= 15 is 0 Å². The van der Waals surface area contributed by atoms with Gasteiger partial charge in [-0.1, -0.05) is 19.3 Å². The summed E-state index contributed by atoms with van der Waals surface area (Å²) in [5.41, 5.74) is 1.52. The molecule has 19 heavy (non-hydrogen) atoms. The van der Waals surface area contributed by atoms with E-state index in [1.807, 2.05) is 0 Å². The fraction of sp³-hybridized carbons (Fsp3) is 0.750. The summed E-state index contributed by atoms with van der Waals surface area (Å²) < 4.78 is 0. The third-order valence-corrected chi connectivity index (χ3v) is 4.97. The smallest absolute Gasteiger partial charge is 0.168 e. The standard InChI is InChI=1S/C16H23NO2/c18-13-10-16(7-3-1-4-8-16)11-14(19)15(13)12-6-2-5-9-17-12/h18H,1-11H2. The number of nitrogens with zero attached hydrogens (tertiary/aromatic N) is 1. The van der Waals surface area contributed by atoms with Crippen LogP contribution in [0.15, 0.2) is 16.3 Å². The number of Topliss-reactive ketones (excluding diaryl/α,β-unsaturated/α-hetero) is 1. The third kappa shape index (κ3) is 2.47. The van der Waals surface area contributed by atoms with Gasteiger partial charge in [-0.3, -0.25) is 9.79 Å². The molecular weight excluding hydrogens is 238 g/mol. The molecule has 0 unspecified atom stereocenters. The molecule has 0 aromatic carbocycles. The number of allylic oxidation sites excluding steroid dienone is 2. The lowest BCUT2D eigenvalue weighted by Crippen LogP contribution is -2.35. The van der Waals surface area contributed by atoms with Crippen molar-refractivity contribution < 1.29 is 9.90 Å². The molecule has 2 aliphatic carbocycles. The fourth-order valence-electron chi connectivity index (χ4n) is 3.98. The summed E-state index contributed by atoms with van der Waals surface area (Å²) in [4.78, 5) is 16.9. The molecule has 104 valence electrons. The number of ketones is 1. The van der Waals surface area contributed by atoms with Crippen molar-refractivity contribution in [2.24, 2.45) is 10.4 Å². The van der Waals surface area contributed by atoms with Crippen LogP contribution in [0.1, 0.15) is 64.2 Å². The van der Waals surface area contributed by atoms with E-state index in [1.54, 1.807) is 0 Å². The van der Waals surface area contributed by atoms with Crippen LogP contribution in [-0.2, 0) is 4.79 Å². The van der Waals surface area contributed by atoms with E-state index in [-0.39, 0.29) is 11.2 Å².